The molecule has 2 N–H and O–H groups in total. The quantitative estimate of drug-likeness (QED) is 0.386. The van der Waals surface area contributed by atoms with Crippen molar-refractivity contribution in [3.8, 4) is 0 Å². The third-order valence-corrected chi connectivity index (χ3v) is 3.70. The molecule has 0 unspecified atom stereocenters. The Bertz CT molecular complexity index is 979. The van der Waals surface area contributed by atoms with Gasteiger partial charge in [-0.15, -0.1) is 0 Å². The van der Waals surface area contributed by atoms with Crippen molar-refractivity contribution < 1.29 is 19.8 Å². The maximum Gasteiger partial charge on any atom is 0.207 e. The lowest BCUT2D eigenvalue weighted by Gasteiger charge is -2.02. The van der Waals surface area contributed by atoms with E-state index < -0.39 is 11.6 Å². The molecule has 0 aliphatic heterocycles. The van der Waals surface area contributed by atoms with Gasteiger partial charge in [0.05, 0.1) is 0 Å². The third-order valence-electron chi connectivity index (χ3n) is 3.70. The number of rotatable bonds is 6. The van der Waals surface area contributed by atoms with Crippen molar-refractivity contribution in [3.63, 3.8) is 0 Å². The number of pyridine rings is 3. The van der Waals surface area contributed by atoms with Gasteiger partial charge in [0.25, 0.3) is 0 Å². The first-order valence-electron chi connectivity index (χ1n) is 8.22. The second-order valence-corrected chi connectivity index (χ2v) is 5.68. The number of hydrogen-bond donors (Lipinski definition) is 2. The van der Waals surface area contributed by atoms with E-state index in [-0.39, 0.29) is 22.9 Å². The van der Waals surface area contributed by atoms with Crippen LogP contribution in [0.4, 0.5) is 0 Å². The fourth-order valence-corrected chi connectivity index (χ4v) is 2.30. The lowest BCUT2D eigenvalue weighted by Crippen LogP contribution is -2.06. The zero-order valence-corrected chi connectivity index (χ0v) is 14.6. The van der Waals surface area contributed by atoms with Gasteiger partial charge >= 0.3 is 0 Å². The summed E-state index contributed by atoms with van der Waals surface area (Å²) in [6.45, 7) is 0. The molecule has 0 radical (unpaired) electrons. The molecule has 0 bridgehead atoms. The van der Waals surface area contributed by atoms with Gasteiger partial charge < -0.3 is 10.2 Å². The normalized spacial score (nSPS) is 11.9. The van der Waals surface area contributed by atoms with Gasteiger partial charge in [-0.3, -0.25) is 19.6 Å². The van der Waals surface area contributed by atoms with Crippen molar-refractivity contribution >= 4 is 23.1 Å². The lowest BCUT2D eigenvalue weighted by molar-refractivity contribution is 0.103. The summed E-state index contributed by atoms with van der Waals surface area (Å²) in [4.78, 5) is 36.4. The molecule has 0 aromatic carbocycles. The first-order valence-corrected chi connectivity index (χ1v) is 8.22. The standard InChI is InChI=1S/C21H15N3O4/c25-18(14-4-2-8-22-12-14)10-20(27)16-6-1-7-17(24-16)21(28)11-19(26)15-5-3-9-23-13-15/h1-13,25-26H/b18-10-,19-11-. The van der Waals surface area contributed by atoms with Gasteiger partial charge in [0.15, 0.2) is 0 Å². The molecule has 0 saturated heterocycles. The topological polar surface area (TPSA) is 113 Å². The van der Waals surface area contributed by atoms with Crippen LogP contribution >= 0.6 is 0 Å². The Morgan fingerprint density at radius 2 is 1.18 bits per heavy atom. The molecule has 0 spiro atoms. The summed E-state index contributed by atoms with van der Waals surface area (Å²) < 4.78 is 0. The van der Waals surface area contributed by atoms with Crippen LogP contribution in [-0.2, 0) is 0 Å². The number of nitrogens with zero attached hydrogens (tertiary/aromatic N) is 3. The number of aliphatic hydroxyl groups is 2. The molecule has 138 valence electrons. The molecule has 7 heteroatoms. The Hall–Kier alpha value is -4.13. The molecule has 0 atom stereocenters. The number of ketones is 2. The van der Waals surface area contributed by atoms with Gasteiger partial charge in [-0.2, -0.15) is 0 Å². The second kappa shape index (κ2) is 8.50. The minimum Gasteiger partial charge on any atom is -0.507 e. The first-order chi connectivity index (χ1) is 13.5. The monoisotopic (exact) mass is 373 g/mol. The van der Waals surface area contributed by atoms with E-state index in [1.54, 1.807) is 36.7 Å². The maximum absolute atomic E-state index is 12.3. The second-order valence-electron chi connectivity index (χ2n) is 5.68. The maximum atomic E-state index is 12.3. The molecule has 7 nitrogen and oxygen atoms in total. The summed E-state index contributed by atoms with van der Waals surface area (Å²) in [6.07, 6.45) is 7.94. The van der Waals surface area contributed by atoms with E-state index in [0.29, 0.717) is 11.1 Å². The average Bonchev–Trinajstić information content (AvgIpc) is 2.75. The molecule has 0 saturated carbocycles. The minimum absolute atomic E-state index is 0.0180. The number of aliphatic hydroxyl groups excluding tert-OH is 2. The Kier molecular flexibility index (Phi) is 5.66. The zero-order valence-electron chi connectivity index (χ0n) is 14.6. The van der Waals surface area contributed by atoms with Crippen molar-refractivity contribution in [1.82, 2.24) is 15.0 Å². The third kappa shape index (κ3) is 4.53. The number of hydrogen-bond acceptors (Lipinski definition) is 7. The molecule has 3 heterocycles. The van der Waals surface area contributed by atoms with E-state index in [0.717, 1.165) is 12.2 Å². The molecular formula is C21H15N3O4. The summed E-state index contributed by atoms with van der Waals surface area (Å²) >= 11 is 0. The highest BCUT2D eigenvalue weighted by Gasteiger charge is 2.12. The van der Waals surface area contributed by atoms with Gasteiger partial charge in [-0.25, -0.2) is 4.98 Å². The van der Waals surface area contributed by atoms with Crippen LogP contribution in [0.2, 0.25) is 0 Å². The van der Waals surface area contributed by atoms with Gasteiger partial charge in [0.2, 0.25) is 11.6 Å². The fourth-order valence-electron chi connectivity index (χ4n) is 2.30. The summed E-state index contributed by atoms with van der Waals surface area (Å²) in [5.74, 6) is -1.66. The van der Waals surface area contributed by atoms with Gasteiger partial charge in [0.1, 0.15) is 22.9 Å². The Labute approximate surface area is 160 Å². The number of aromatic nitrogens is 3. The van der Waals surface area contributed by atoms with Crippen LogP contribution in [0, 0.1) is 0 Å². The number of allylic oxidation sites excluding steroid dienone is 2. The Morgan fingerprint density at radius 3 is 1.57 bits per heavy atom. The predicted molar refractivity (Wildman–Crippen MR) is 103 cm³/mol. The number of carbonyl (C=O) groups excluding carboxylic acids is 2. The number of carbonyl (C=O) groups is 2. The lowest BCUT2D eigenvalue weighted by atomic mass is 10.1. The van der Waals surface area contributed by atoms with Gasteiger partial charge in [-0.05, 0) is 36.4 Å². The van der Waals surface area contributed by atoms with Gasteiger partial charge in [-0.1, -0.05) is 6.07 Å². The van der Waals surface area contributed by atoms with E-state index in [4.69, 9.17) is 0 Å². The molecule has 0 fully saturated rings. The molecule has 3 aromatic rings. The predicted octanol–water partition coefficient (Wildman–Crippen LogP) is 3.44. The van der Waals surface area contributed by atoms with Gasteiger partial charge in [0, 0.05) is 48.1 Å². The van der Waals surface area contributed by atoms with Crippen LogP contribution in [0.5, 0.6) is 0 Å². The molecule has 3 rings (SSSR count). The van der Waals surface area contributed by atoms with Crippen molar-refractivity contribution in [1.29, 1.82) is 0 Å². The molecule has 0 aliphatic rings. The van der Waals surface area contributed by atoms with E-state index in [9.17, 15) is 19.8 Å². The summed E-state index contributed by atoms with van der Waals surface area (Å²) in [6, 6.07) is 10.8. The van der Waals surface area contributed by atoms with Crippen molar-refractivity contribution in [2.45, 2.75) is 0 Å². The average molecular weight is 373 g/mol. The van der Waals surface area contributed by atoms with Crippen molar-refractivity contribution in [2.75, 3.05) is 0 Å². The highest BCUT2D eigenvalue weighted by molar-refractivity contribution is 6.09. The molecular weight excluding hydrogens is 358 g/mol. The molecule has 3 aromatic heterocycles. The summed E-state index contributed by atoms with van der Waals surface area (Å²) in [5, 5.41) is 20.1. The SMILES string of the molecule is O=C(/C=C(\O)c1cccnc1)c1cccc(C(=O)/C=C(\O)c2cccnc2)n1. The smallest absolute Gasteiger partial charge is 0.207 e. The van der Waals surface area contributed by atoms with Crippen LogP contribution in [0.15, 0.2) is 79.4 Å². The molecule has 0 aliphatic carbocycles. The molecule has 0 amide bonds. The Morgan fingerprint density at radius 1 is 0.714 bits per heavy atom. The summed E-state index contributed by atoms with van der Waals surface area (Å²) in [7, 11) is 0. The fraction of sp³-hybridized carbons (Fsp3) is 0. The van der Waals surface area contributed by atoms with Crippen LogP contribution in [-0.4, -0.2) is 36.7 Å². The van der Waals surface area contributed by atoms with Crippen LogP contribution in [0.25, 0.3) is 11.5 Å². The van der Waals surface area contributed by atoms with Crippen LogP contribution in [0.3, 0.4) is 0 Å². The van der Waals surface area contributed by atoms with E-state index in [1.165, 1.54) is 30.6 Å². The van der Waals surface area contributed by atoms with E-state index in [1.807, 2.05) is 0 Å². The minimum atomic E-state index is -0.573. The van der Waals surface area contributed by atoms with Crippen LogP contribution < -0.4 is 0 Å². The molecule has 28 heavy (non-hydrogen) atoms. The van der Waals surface area contributed by atoms with Crippen LogP contribution in [0.1, 0.15) is 32.1 Å². The Balaban J connectivity index is 1.82. The van der Waals surface area contributed by atoms with Crippen molar-refractivity contribution in [2.24, 2.45) is 0 Å². The highest BCUT2D eigenvalue weighted by atomic mass is 16.3. The zero-order chi connectivity index (χ0) is 19.9. The van der Waals surface area contributed by atoms with Crippen molar-refractivity contribution in [3.05, 3.63) is 102 Å². The highest BCUT2D eigenvalue weighted by Crippen LogP contribution is 2.13. The first kappa shape index (κ1) is 18.7. The van der Waals surface area contributed by atoms with E-state index >= 15 is 0 Å². The summed E-state index contributed by atoms with van der Waals surface area (Å²) in [5.41, 5.74) is 0.728. The largest absolute Gasteiger partial charge is 0.507 e. The van der Waals surface area contributed by atoms with E-state index in [2.05, 4.69) is 15.0 Å².